The zero-order valence-corrected chi connectivity index (χ0v) is 11.7. The van der Waals surface area contributed by atoms with Gasteiger partial charge in [0.2, 0.25) is 0 Å². The van der Waals surface area contributed by atoms with E-state index in [1.54, 1.807) is 11.3 Å². The van der Waals surface area contributed by atoms with Crippen molar-refractivity contribution in [2.45, 2.75) is 19.9 Å². The van der Waals surface area contributed by atoms with Crippen LogP contribution in [0.5, 0.6) is 0 Å². The van der Waals surface area contributed by atoms with E-state index in [2.05, 4.69) is 17.2 Å². The molecule has 2 aromatic rings. The van der Waals surface area contributed by atoms with Crippen LogP contribution in [0.3, 0.4) is 0 Å². The monoisotopic (exact) mass is 290 g/mol. The minimum atomic E-state index is -1.15. The van der Waals surface area contributed by atoms with Crippen molar-refractivity contribution in [1.82, 2.24) is 10.3 Å². The molecule has 2 N–H and O–H groups in total. The van der Waals surface area contributed by atoms with E-state index in [1.807, 2.05) is 12.1 Å². The van der Waals surface area contributed by atoms with Crippen LogP contribution in [0.4, 0.5) is 0 Å². The molecule has 0 atom stereocenters. The zero-order valence-electron chi connectivity index (χ0n) is 10.9. The number of pyridine rings is 1. The number of nitrogens with one attached hydrogen (secondary N) is 1. The summed E-state index contributed by atoms with van der Waals surface area (Å²) in [5.74, 6) is -1.45. The van der Waals surface area contributed by atoms with Crippen molar-refractivity contribution in [3.63, 3.8) is 0 Å². The molecule has 0 fully saturated rings. The highest BCUT2D eigenvalue weighted by atomic mass is 32.1. The summed E-state index contributed by atoms with van der Waals surface area (Å²) in [6.45, 7) is 2.52. The smallest absolute Gasteiger partial charge is 0.354 e. The number of aromatic carboxylic acids is 1. The van der Waals surface area contributed by atoms with E-state index < -0.39 is 5.97 Å². The van der Waals surface area contributed by atoms with Crippen molar-refractivity contribution in [1.29, 1.82) is 0 Å². The van der Waals surface area contributed by atoms with Crippen LogP contribution in [-0.4, -0.2) is 22.0 Å². The minimum absolute atomic E-state index is 0.137. The fourth-order valence-corrected chi connectivity index (χ4v) is 2.56. The molecule has 0 radical (unpaired) electrons. The molecule has 0 saturated carbocycles. The van der Waals surface area contributed by atoms with E-state index in [1.165, 1.54) is 23.2 Å². The van der Waals surface area contributed by atoms with Crippen LogP contribution in [-0.2, 0) is 13.0 Å². The molecule has 104 valence electrons. The molecule has 0 unspecified atom stereocenters. The fourth-order valence-electron chi connectivity index (χ4n) is 1.67. The molecule has 0 aliphatic heterocycles. The maximum atomic E-state index is 11.9. The average Bonchev–Trinajstić information content (AvgIpc) is 2.93. The minimum Gasteiger partial charge on any atom is -0.477 e. The molecule has 0 aromatic carbocycles. The van der Waals surface area contributed by atoms with Gasteiger partial charge in [-0.05, 0) is 30.7 Å². The van der Waals surface area contributed by atoms with Crippen LogP contribution < -0.4 is 5.32 Å². The van der Waals surface area contributed by atoms with Crippen LogP contribution in [0.2, 0.25) is 0 Å². The van der Waals surface area contributed by atoms with Crippen molar-refractivity contribution in [3.05, 3.63) is 51.5 Å². The number of rotatable bonds is 5. The lowest BCUT2D eigenvalue weighted by Gasteiger charge is -2.04. The highest BCUT2D eigenvalue weighted by molar-refractivity contribution is 7.11. The van der Waals surface area contributed by atoms with Crippen molar-refractivity contribution in [3.8, 4) is 0 Å². The summed E-state index contributed by atoms with van der Waals surface area (Å²) < 4.78 is 0. The number of nitrogens with zero attached hydrogens (tertiary/aromatic N) is 1. The number of thiophene rings is 1. The van der Waals surface area contributed by atoms with E-state index in [4.69, 9.17) is 5.11 Å². The second kappa shape index (κ2) is 6.29. The molecule has 2 rings (SSSR count). The highest BCUT2D eigenvalue weighted by Crippen LogP contribution is 2.16. The summed E-state index contributed by atoms with van der Waals surface area (Å²) in [5, 5.41) is 11.6. The lowest BCUT2D eigenvalue weighted by atomic mass is 10.2. The van der Waals surface area contributed by atoms with Gasteiger partial charge in [0.05, 0.1) is 6.54 Å². The number of carboxylic acid groups (broad SMARTS) is 1. The number of amides is 1. The van der Waals surface area contributed by atoms with Gasteiger partial charge in [-0.25, -0.2) is 9.78 Å². The third kappa shape index (κ3) is 3.42. The quantitative estimate of drug-likeness (QED) is 0.885. The van der Waals surface area contributed by atoms with Crippen molar-refractivity contribution >= 4 is 23.2 Å². The third-order valence-corrected chi connectivity index (χ3v) is 3.96. The first kappa shape index (κ1) is 14.2. The van der Waals surface area contributed by atoms with Gasteiger partial charge < -0.3 is 10.4 Å². The fraction of sp³-hybridized carbons (Fsp3) is 0.214. The van der Waals surface area contributed by atoms with Crippen molar-refractivity contribution in [2.24, 2.45) is 0 Å². The molecule has 0 aliphatic carbocycles. The maximum absolute atomic E-state index is 11.9. The van der Waals surface area contributed by atoms with Gasteiger partial charge in [-0.15, -0.1) is 11.3 Å². The summed E-state index contributed by atoms with van der Waals surface area (Å²) >= 11 is 1.66. The topological polar surface area (TPSA) is 79.3 Å². The second-order valence-corrected chi connectivity index (χ2v) is 5.39. The number of aromatic nitrogens is 1. The Morgan fingerprint density at radius 3 is 2.70 bits per heavy atom. The van der Waals surface area contributed by atoms with Crippen LogP contribution in [0.1, 0.15) is 37.5 Å². The van der Waals surface area contributed by atoms with Gasteiger partial charge in [0.25, 0.3) is 5.91 Å². The number of aryl methyl sites for hydroxylation is 1. The standard InChI is InChI=1S/C14H14N2O3S/c1-2-10-3-4-11(20-10)8-16-13(17)9-5-6-15-12(7-9)14(18)19/h3-7H,2,8H2,1H3,(H,16,17)(H,18,19). The van der Waals surface area contributed by atoms with E-state index in [0.29, 0.717) is 12.1 Å². The van der Waals surface area contributed by atoms with Gasteiger partial charge in [-0.3, -0.25) is 4.79 Å². The number of hydrogen-bond acceptors (Lipinski definition) is 4. The summed E-state index contributed by atoms with van der Waals surface area (Å²) in [6.07, 6.45) is 2.30. The predicted octanol–water partition coefficient (Wildman–Crippen LogP) is 2.33. The van der Waals surface area contributed by atoms with Crippen LogP contribution in [0.25, 0.3) is 0 Å². The molecule has 20 heavy (non-hydrogen) atoms. The lowest BCUT2D eigenvalue weighted by molar-refractivity contribution is 0.0690. The Hall–Kier alpha value is -2.21. The van der Waals surface area contributed by atoms with E-state index >= 15 is 0 Å². The number of carboxylic acids is 1. The highest BCUT2D eigenvalue weighted by Gasteiger charge is 2.10. The second-order valence-electron chi connectivity index (χ2n) is 4.14. The normalized spacial score (nSPS) is 10.2. The van der Waals surface area contributed by atoms with Gasteiger partial charge in [0.15, 0.2) is 0 Å². The Morgan fingerprint density at radius 1 is 1.30 bits per heavy atom. The van der Waals surface area contributed by atoms with Gasteiger partial charge in [0, 0.05) is 21.5 Å². The summed E-state index contributed by atoms with van der Waals surface area (Å²) in [7, 11) is 0. The Bertz CT molecular complexity index is 637. The summed E-state index contributed by atoms with van der Waals surface area (Å²) in [6, 6.07) is 6.79. The number of carbonyl (C=O) groups is 2. The third-order valence-electron chi connectivity index (χ3n) is 2.73. The van der Waals surface area contributed by atoms with Gasteiger partial charge in [0.1, 0.15) is 5.69 Å². The Morgan fingerprint density at radius 2 is 2.05 bits per heavy atom. The Kier molecular flexibility index (Phi) is 4.47. The SMILES string of the molecule is CCc1ccc(CNC(=O)c2ccnc(C(=O)O)c2)s1. The molecule has 5 nitrogen and oxygen atoms in total. The molecular formula is C14H14N2O3S. The lowest BCUT2D eigenvalue weighted by Crippen LogP contribution is -2.22. The number of carbonyl (C=O) groups excluding carboxylic acids is 1. The molecule has 0 bridgehead atoms. The Labute approximate surface area is 120 Å². The van der Waals surface area contributed by atoms with E-state index in [0.717, 1.165) is 11.3 Å². The first-order chi connectivity index (χ1) is 9.60. The van der Waals surface area contributed by atoms with Crippen molar-refractivity contribution < 1.29 is 14.7 Å². The van der Waals surface area contributed by atoms with Crippen molar-refractivity contribution in [2.75, 3.05) is 0 Å². The van der Waals surface area contributed by atoms with Gasteiger partial charge in [-0.1, -0.05) is 6.92 Å². The maximum Gasteiger partial charge on any atom is 0.354 e. The van der Waals surface area contributed by atoms with Crippen LogP contribution >= 0.6 is 11.3 Å². The van der Waals surface area contributed by atoms with Gasteiger partial charge in [-0.2, -0.15) is 0 Å². The molecule has 0 saturated heterocycles. The van der Waals surface area contributed by atoms with Gasteiger partial charge >= 0.3 is 5.97 Å². The van der Waals surface area contributed by atoms with E-state index in [-0.39, 0.29) is 11.6 Å². The molecule has 2 heterocycles. The van der Waals surface area contributed by atoms with Crippen LogP contribution in [0, 0.1) is 0 Å². The molecule has 0 spiro atoms. The summed E-state index contributed by atoms with van der Waals surface area (Å²) in [4.78, 5) is 28.8. The largest absolute Gasteiger partial charge is 0.477 e. The summed E-state index contributed by atoms with van der Waals surface area (Å²) in [5.41, 5.74) is 0.159. The molecular weight excluding hydrogens is 276 g/mol. The molecule has 2 aromatic heterocycles. The molecule has 6 heteroatoms. The zero-order chi connectivity index (χ0) is 14.5. The first-order valence-electron chi connectivity index (χ1n) is 6.15. The predicted molar refractivity (Wildman–Crippen MR) is 76.1 cm³/mol. The molecule has 1 amide bonds. The van der Waals surface area contributed by atoms with E-state index in [9.17, 15) is 9.59 Å². The number of hydrogen-bond donors (Lipinski definition) is 2. The Balaban J connectivity index is 2.01. The van der Waals surface area contributed by atoms with Crippen LogP contribution in [0.15, 0.2) is 30.5 Å². The average molecular weight is 290 g/mol. The molecule has 0 aliphatic rings. The first-order valence-corrected chi connectivity index (χ1v) is 6.97.